The van der Waals surface area contributed by atoms with Crippen LogP contribution in [0.3, 0.4) is 0 Å². The quantitative estimate of drug-likeness (QED) is 0.393. The lowest BCUT2D eigenvalue weighted by Crippen LogP contribution is -2.21. The highest BCUT2D eigenvalue weighted by Gasteiger charge is 2.40. The number of esters is 1. The van der Waals surface area contributed by atoms with Crippen molar-refractivity contribution >= 4 is 44.3 Å². The van der Waals surface area contributed by atoms with Gasteiger partial charge in [0.1, 0.15) is 5.75 Å². The number of hydrogen-bond donors (Lipinski definition) is 1. The van der Waals surface area contributed by atoms with Gasteiger partial charge in [-0.1, -0.05) is 18.2 Å². The molecule has 6 nitrogen and oxygen atoms in total. The van der Waals surface area contributed by atoms with Crippen molar-refractivity contribution in [3.63, 3.8) is 0 Å². The van der Waals surface area contributed by atoms with Crippen LogP contribution in [0, 0.1) is 0 Å². The van der Waals surface area contributed by atoms with Gasteiger partial charge in [-0.3, -0.25) is 9.52 Å². The Bertz CT molecular complexity index is 946. The maximum atomic E-state index is 11.7. The third-order valence-electron chi connectivity index (χ3n) is 3.90. The summed E-state index contributed by atoms with van der Waals surface area (Å²) >= 11 is 2.12. The Hall–Kier alpha value is -1.81. The third kappa shape index (κ3) is 4.29. The van der Waals surface area contributed by atoms with E-state index in [2.05, 4.69) is 27.3 Å². The van der Waals surface area contributed by atoms with Crippen LogP contribution in [-0.2, 0) is 29.6 Å². The fourth-order valence-corrected chi connectivity index (χ4v) is 4.56. The highest BCUT2D eigenvalue weighted by atomic mass is 127. The highest BCUT2D eigenvalue weighted by molar-refractivity contribution is 14.1. The van der Waals surface area contributed by atoms with Crippen molar-refractivity contribution in [2.24, 2.45) is 0 Å². The second kappa shape index (κ2) is 7.07. The number of para-hydroxylation sites is 1. The smallest absolute Gasteiger partial charge is 0.304 e. The van der Waals surface area contributed by atoms with Crippen molar-refractivity contribution < 1.29 is 22.7 Å². The summed E-state index contributed by atoms with van der Waals surface area (Å²) in [6, 6.07) is 12.6. The van der Waals surface area contributed by atoms with Crippen molar-refractivity contribution in [1.82, 2.24) is 0 Å². The highest BCUT2D eigenvalue weighted by Crippen LogP contribution is 2.49. The van der Waals surface area contributed by atoms with Crippen LogP contribution in [0.2, 0.25) is 0 Å². The molecule has 1 N–H and O–H groups in total. The van der Waals surface area contributed by atoms with Gasteiger partial charge in [-0.2, -0.15) is 0 Å². The Balaban J connectivity index is 2.07. The lowest BCUT2D eigenvalue weighted by atomic mass is 10.1. The van der Waals surface area contributed by atoms with E-state index in [-0.39, 0.29) is 5.97 Å². The minimum absolute atomic E-state index is 0.357. The van der Waals surface area contributed by atoms with E-state index in [1.165, 1.54) is 6.92 Å². The summed E-state index contributed by atoms with van der Waals surface area (Å²) in [7, 11) is -3.47. The number of hydrogen-bond acceptors (Lipinski definition) is 5. The van der Waals surface area contributed by atoms with E-state index in [0.717, 1.165) is 17.4 Å². The molecule has 0 heterocycles. The van der Waals surface area contributed by atoms with Gasteiger partial charge >= 0.3 is 5.97 Å². The number of rotatable bonds is 5. The minimum atomic E-state index is -3.47. The number of carbonyl (C=O) groups excluding carboxylic acids is 1. The number of fused-ring (bicyclic) bond motifs is 1. The fraction of sp³-hybridized carbons (Fsp3) is 0.278. The van der Waals surface area contributed by atoms with Crippen LogP contribution in [0.15, 0.2) is 42.5 Å². The summed E-state index contributed by atoms with van der Waals surface area (Å²) in [5, 5.41) is 0. The van der Waals surface area contributed by atoms with E-state index in [9.17, 15) is 13.2 Å². The van der Waals surface area contributed by atoms with Gasteiger partial charge < -0.3 is 9.47 Å². The topological polar surface area (TPSA) is 81.7 Å². The van der Waals surface area contributed by atoms with Gasteiger partial charge in [-0.15, -0.1) is 0 Å². The molecular formula is C18H18INO5S. The van der Waals surface area contributed by atoms with Crippen molar-refractivity contribution in [3.8, 4) is 11.5 Å². The van der Waals surface area contributed by atoms with Gasteiger partial charge in [0.05, 0.1) is 11.9 Å². The molecule has 2 aromatic carbocycles. The molecule has 1 unspecified atom stereocenters. The zero-order valence-corrected chi connectivity index (χ0v) is 17.3. The van der Waals surface area contributed by atoms with Crippen LogP contribution < -0.4 is 9.46 Å². The predicted octanol–water partition coefficient (Wildman–Crippen LogP) is 3.95. The van der Waals surface area contributed by atoms with Crippen LogP contribution >= 0.6 is 22.6 Å². The number of alkyl halides is 1. The molecule has 1 aliphatic rings. The Morgan fingerprint density at radius 3 is 2.54 bits per heavy atom. The van der Waals surface area contributed by atoms with Crippen LogP contribution in [-0.4, -0.2) is 20.6 Å². The van der Waals surface area contributed by atoms with E-state index in [4.69, 9.17) is 9.47 Å². The predicted molar refractivity (Wildman–Crippen MR) is 107 cm³/mol. The molecule has 1 atom stereocenters. The first-order valence-electron chi connectivity index (χ1n) is 7.93. The van der Waals surface area contributed by atoms with Crippen LogP contribution in [0.25, 0.3) is 0 Å². The van der Waals surface area contributed by atoms with Crippen molar-refractivity contribution in [1.29, 1.82) is 0 Å². The number of sulfonamides is 1. The number of anilines is 1. The standard InChI is InChI=1S/C18H18INO5S/c1-12(21)25-18(19)9-8-13-10-16(20-26(2,22)23)17(11-15(13)18)24-14-6-4-3-5-7-14/h3-7,10-11,20H,8-9H2,1-2H3. The zero-order chi connectivity index (χ0) is 18.9. The van der Waals surface area contributed by atoms with Crippen molar-refractivity contribution in [3.05, 3.63) is 53.6 Å². The summed E-state index contributed by atoms with van der Waals surface area (Å²) < 4.78 is 36.6. The second-order valence-electron chi connectivity index (χ2n) is 6.12. The molecule has 0 fully saturated rings. The molecule has 0 saturated carbocycles. The van der Waals surface area contributed by atoms with Gasteiger partial charge in [-0.25, -0.2) is 8.42 Å². The summed E-state index contributed by atoms with van der Waals surface area (Å²) in [5.41, 5.74) is 2.10. The zero-order valence-electron chi connectivity index (χ0n) is 14.3. The molecule has 0 aliphatic heterocycles. The maximum Gasteiger partial charge on any atom is 0.304 e. The van der Waals surface area contributed by atoms with E-state index in [1.807, 2.05) is 18.2 Å². The lowest BCUT2D eigenvalue weighted by Gasteiger charge is -2.24. The van der Waals surface area contributed by atoms with E-state index >= 15 is 0 Å². The van der Waals surface area contributed by atoms with Gasteiger partial charge in [0.2, 0.25) is 10.0 Å². The molecule has 0 radical (unpaired) electrons. The lowest BCUT2D eigenvalue weighted by molar-refractivity contribution is -0.148. The molecule has 0 aromatic heterocycles. The largest absolute Gasteiger partial charge is 0.455 e. The Kier molecular flexibility index (Phi) is 5.16. The van der Waals surface area contributed by atoms with E-state index < -0.39 is 13.6 Å². The van der Waals surface area contributed by atoms with Crippen LogP contribution in [0.4, 0.5) is 5.69 Å². The third-order valence-corrected chi connectivity index (χ3v) is 5.83. The van der Waals surface area contributed by atoms with Gasteiger partial charge in [-0.05, 0) is 58.8 Å². The Labute approximate surface area is 166 Å². The average Bonchev–Trinajstić information content (AvgIpc) is 2.83. The first-order chi connectivity index (χ1) is 12.2. The van der Waals surface area contributed by atoms with Crippen molar-refractivity contribution in [2.45, 2.75) is 23.4 Å². The molecule has 26 heavy (non-hydrogen) atoms. The van der Waals surface area contributed by atoms with E-state index in [1.54, 1.807) is 24.3 Å². The molecule has 0 amide bonds. The minimum Gasteiger partial charge on any atom is -0.455 e. The maximum absolute atomic E-state index is 11.7. The Morgan fingerprint density at radius 1 is 1.23 bits per heavy atom. The van der Waals surface area contributed by atoms with Gasteiger partial charge in [0.25, 0.3) is 0 Å². The second-order valence-corrected chi connectivity index (χ2v) is 9.61. The summed E-state index contributed by atoms with van der Waals surface area (Å²) in [6.07, 6.45) is 2.39. The van der Waals surface area contributed by atoms with Crippen LogP contribution in [0.5, 0.6) is 11.5 Å². The first-order valence-corrected chi connectivity index (χ1v) is 10.9. The van der Waals surface area contributed by atoms with Crippen LogP contribution in [0.1, 0.15) is 24.5 Å². The molecular weight excluding hydrogens is 469 g/mol. The number of ether oxygens (including phenoxy) is 2. The normalized spacial score (nSPS) is 18.9. The molecule has 0 spiro atoms. The average molecular weight is 487 g/mol. The molecule has 3 rings (SSSR count). The van der Waals surface area contributed by atoms with Gasteiger partial charge in [0, 0.05) is 18.9 Å². The fourth-order valence-electron chi connectivity index (χ4n) is 2.92. The molecule has 0 bridgehead atoms. The SMILES string of the molecule is CC(=O)OC1(I)CCc2cc(NS(C)(=O)=O)c(Oc3ccccc3)cc21. The summed E-state index contributed by atoms with van der Waals surface area (Å²) in [4.78, 5) is 11.5. The monoisotopic (exact) mass is 487 g/mol. The van der Waals surface area contributed by atoms with Gasteiger partial charge in [0.15, 0.2) is 9.36 Å². The summed E-state index contributed by atoms with van der Waals surface area (Å²) in [5.74, 6) is 0.570. The number of carbonyl (C=O) groups is 1. The number of nitrogens with one attached hydrogen (secondary N) is 1. The summed E-state index contributed by atoms with van der Waals surface area (Å²) in [6.45, 7) is 1.37. The molecule has 2 aromatic rings. The number of benzene rings is 2. The van der Waals surface area contributed by atoms with E-state index in [0.29, 0.717) is 30.0 Å². The number of halogens is 1. The molecule has 8 heteroatoms. The molecule has 138 valence electrons. The first kappa shape index (κ1) is 19.0. The van der Waals surface area contributed by atoms with Crippen molar-refractivity contribution in [2.75, 3.05) is 11.0 Å². The molecule has 1 aliphatic carbocycles. The number of aryl methyl sites for hydroxylation is 1. The molecule has 0 saturated heterocycles. The Morgan fingerprint density at radius 2 is 1.92 bits per heavy atom.